The van der Waals surface area contributed by atoms with Gasteiger partial charge in [-0.2, -0.15) is 0 Å². The van der Waals surface area contributed by atoms with Crippen LogP contribution in [0.2, 0.25) is 0 Å². The third-order valence-corrected chi connectivity index (χ3v) is 1.39. The normalized spacial score (nSPS) is 9.70. The number of aromatic carboxylic acids is 1. The van der Waals surface area contributed by atoms with E-state index in [0.717, 1.165) is 0 Å². The van der Waals surface area contributed by atoms with E-state index in [0.29, 0.717) is 11.3 Å². The van der Waals surface area contributed by atoms with Crippen molar-refractivity contribution >= 4 is 11.7 Å². The van der Waals surface area contributed by atoms with E-state index in [-0.39, 0.29) is 5.69 Å². The van der Waals surface area contributed by atoms with Gasteiger partial charge in [0.15, 0.2) is 0 Å². The summed E-state index contributed by atoms with van der Waals surface area (Å²) in [5, 5.41) is 8.49. The number of H-pyrrole nitrogens is 1. The molecule has 0 atom stereocenters. The SMILES string of the molecule is Cc1c(N)c[nH]c1C(=O)O. The van der Waals surface area contributed by atoms with E-state index in [4.69, 9.17) is 10.8 Å². The summed E-state index contributed by atoms with van der Waals surface area (Å²) in [5.41, 5.74) is 6.62. The van der Waals surface area contributed by atoms with Crippen molar-refractivity contribution in [1.82, 2.24) is 4.98 Å². The molecule has 0 aliphatic rings. The molecule has 1 aromatic heterocycles. The molecule has 0 unspecified atom stereocenters. The first-order valence-corrected chi connectivity index (χ1v) is 2.79. The van der Waals surface area contributed by atoms with Crippen LogP contribution in [-0.2, 0) is 0 Å². The molecule has 1 aromatic rings. The second-order valence-corrected chi connectivity index (χ2v) is 2.05. The molecule has 0 saturated carbocycles. The first-order valence-electron chi connectivity index (χ1n) is 2.79. The molecule has 54 valence electrons. The first kappa shape index (κ1) is 6.67. The number of anilines is 1. The average Bonchev–Trinajstić information content (AvgIpc) is 2.14. The number of nitrogens with two attached hydrogens (primary N) is 1. The van der Waals surface area contributed by atoms with E-state index >= 15 is 0 Å². The molecule has 4 heteroatoms. The lowest BCUT2D eigenvalue weighted by molar-refractivity contribution is 0.0690. The van der Waals surface area contributed by atoms with Gasteiger partial charge in [0.1, 0.15) is 5.69 Å². The van der Waals surface area contributed by atoms with Crippen molar-refractivity contribution in [3.63, 3.8) is 0 Å². The van der Waals surface area contributed by atoms with Crippen LogP contribution in [0.15, 0.2) is 6.20 Å². The van der Waals surface area contributed by atoms with Gasteiger partial charge in [-0.25, -0.2) is 4.79 Å². The van der Waals surface area contributed by atoms with Crippen molar-refractivity contribution in [2.75, 3.05) is 5.73 Å². The molecule has 0 aliphatic carbocycles. The van der Waals surface area contributed by atoms with Gasteiger partial charge < -0.3 is 15.8 Å². The molecule has 0 aromatic carbocycles. The molecule has 0 bridgehead atoms. The predicted molar refractivity (Wildman–Crippen MR) is 36.9 cm³/mol. The number of aromatic amines is 1. The van der Waals surface area contributed by atoms with Gasteiger partial charge in [-0.1, -0.05) is 0 Å². The first-order chi connectivity index (χ1) is 4.63. The summed E-state index contributed by atoms with van der Waals surface area (Å²) in [5.74, 6) is -0.978. The second kappa shape index (κ2) is 2.06. The highest BCUT2D eigenvalue weighted by molar-refractivity contribution is 5.89. The van der Waals surface area contributed by atoms with Crippen LogP contribution in [-0.4, -0.2) is 16.1 Å². The highest BCUT2D eigenvalue weighted by Crippen LogP contribution is 2.13. The van der Waals surface area contributed by atoms with E-state index in [1.807, 2.05) is 0 Å². The Morgan fingerprint density at radius 3 is 2.60 bits per heavy atom. The summed E-state index contributed by atoms with van der Waals surface area (Å²) in [6.45, 7) is 1.66. The lowest BCUT2D eigenvalue weighted by Gasteiger charge is -1.90. The van der Waals surface area contributed by atoms with Gasteiger partial charge in [-0.05, 0) is 6.92 Å². The van der Waals surface area contributed by atoms with Crippen molar-refractivity contribution in [1.29, 1.82) is 0 Å². The maximum Gasteiger partial charge on any atom is 0.352 e. The van der Waals surface area contributed by atoms with Gasteiger partial charge in [-0.3, -0.25) is 0 Å². The second-order valence-electron chi connectivity index (χ2n) is 2.05. The quantitative estimate of drug-likeness (QED) is 0.534. The Morgan fingerprint density at radius 1 is 1.80 bits per heavy atom. The zero-order valence-corrected chi connectivity index (χ0v) is 5.51. The van der Waals surface area contributed by atoms with E-state index < -0.39 is 5.97 Å². The summed E-state index contributed by atoms with van der Waals surface area (Å²) in [6, 6.07) is 0. The highest BCUT2D eigenvalue weighted by Gasteiger charge is 2.09. The zero-order chi connectivity index (χ0) is 7.72. The maximum atomic E-state index is 10.3. The topological polar surface area (TPSA) is 79.1 Å². The number of hydrogen-bond donors (Lipinski definition) is 3. The highest BCUT2D eigenvalue weighted by atomic mass is 16.4. The minimum atomic E-state index is -0.978. The molecule has 0 fully saturated rings. The van der Waals surface area contributed by atoms with Gasteiger partial charge in [0.25, 0.3) is 0 Å². The van der Waals surface area contributed by atoms with Crippen LogP contribution in [0.4, 0.5) is 5.69 Å². The molecule has 0 amide bonds. The number of carboxylic acid groups (broad SMARTS) is 1. The zero-order valence-electron chi connectivity index (χ0n) is 5.51. The Labute approximate surface area is 57.7 Å². The van der Waals surface area contributed by atoms with E-state index in [1.165, 1.54) is 6.20 Å². The van der Waals surface area contributed by atoms with Gasteiger partial charge in [0.05, 0.1) is 5.69 Å². The molecule has 1 heterocycles. The average molecular weight is 140 g/mol. The van der Waals surface area contributed by atoms with Crippen LogP contribution >= 0.6 is 0 Å². The lowest BCUT2D eigenvalue weighted by Crippen LogP contribution is -1.98. The smallest absolute Gasteiger partial charge is 0.352 e. The predicted octanol–water partition coefficient (Wildman–Crippen LogP) is 0.604. The third-order valence-electron chi connectivity index (χ3n) is 1.39. The number of nitrogen functional groups attached to an aromatic ring is 1. The number of carbonyl (C=O) groups is 1. The monoisotopic (exact) mass is 140 g/mol. The Morgan fingerprint density at radius 2 is 2.40 bits per heavy atom. The van der Waals surface area contributed by atoms with Gasteiger partial charge in [0.2, 0.25) is 0 Å². The van der Waals surface area contributed by atoms with Gasteiger partial charge >= 0.3 is 5.97 Å². The van der Waals surface area contributed by atoms with Crippen molar-refractivity contribution in [2.45, 2.75) is 6.92 Å². The third kappa shape index (κ3) is 0.834. The molecule has 0 saturated heterocycles. The van der Waals surface area contributed by atoms with Crippen molar-refractivity contribution in [2.24, 2.45) is 0 Å². The Bertz CT molecular complexity index is 265. The van der Waals surface area contributed by atoms with Crippen molar-refractivity contribution in [3.05, 3.63) is 17.5 Å². The molecular weight excluding hydrogens is 132 g/mol. The number of rotatable bonds is 1. The minimum absolute atomic E-state index is 0.164. The van der Waals surface area contributed by atoms with Crippen molar-refractivity contribution in [3.8, 4) is 0 Å². The van der Waals surface area contributed by atoms with Crippen LogP contribution in [0.1, 0.15) is 16.1 Å². The fourth-order valence-corrected chi connectivity index (χ4v) is 0.733. The molecule has 1 rings (SSSR count). The van der Waals surface area contributed by atoms with Gasteiger partial charge in [0, 0.05) is 11.8 Å². The summed E-state index contributed by atoms with van der Waals surface area (Å²) >= 11 is 0. The van der Waals surface area contributed by atoms with Crippen LogP contribution in [0.25, 0.3) is 0 Å². The van der Waals surface area contributed by atoms with Gasteiger partial charge in [-0.15, -0.1) is 0 Å². The summed E-state index contributed by atoms with van der Waals surface area (Å²) < 4.78 is 0. The molecular formula is C6H8N2O2. The van der Waals surface area contributed by atoms with E-state index in [9.17, 15) is 4.79 Å². The standard InChI is InChI=1S/C6H8N2O2/c1-3-4(7)2-8-5(3)6(9)10/h2,8H,7H2,1H3,(H,9,10). The molecule has 0 aliphatic heterocycles. The number of carboxylic acids is 1. The molecule has 10 heavy (non-hydrogen) atoms. The van der Waals surface area contributed by atoms with E-state index in [1.54, 1.807) is 6.92 Å². The van der Waals surface area contributed by atoms with Crippen LogP contribution < -0.4 is 5.73 Å². The number of nitrogens with one attached hydrogen (secondary N) is 1. The fourth-order valence-electron chi connectivity index (χ4n) is 0.733. The lowest BCUT2D eigenvalue weighted by atomic mass is 10.2. The minimum Gasteiger partial charge on any atom is -0.477 e. The van der Waals surface area contributed by atoms with Crippen LogP contribution in [0, 0.1) is 6.92 Å². The number of hydrogen-bond acceptors (Lipinski definition) is 2. The summed E-state index contributed by atoms with van der Waals surface area (Å²) in [7, 11) is 0. The van der Waals surface area contributed by atoms with E-state index in [2.05, 4.69) is 4.98 Å². The number of aromatic nitrogens is 1. The fraction of sp³-hybridized carbons (Fsp3) is 0.167. The molecule has 4 nitrogen and oxygen atoms in total. The Kier molecular flexibility index (Phi) is 1.37. The molecule has 0 radical (unpaired) electrons. The van der Waals surface area contributed by atoms with Crippen molar-refractivity contribution < 1.29 is 9.90 Å². The Balaban J connectivity index is 3.17. The maximum absolute atomic E-state index is 10.3. The summed E-state index contributed by atoms with van der Waals surface area (Å²) in [6.07, 6.45) is 1.47. The summed E-state index contributed by atoms with van der Waals surface area (Å²) in [4.78, 5) is 12.9. The Hall–Kier alpha value is -1.45. The molecule has 4 N–H and O–H groups in total. The molecule has 0 spiro atoms. The largest absolute Gasteiger partial charge is 0.477 e. The van der Waals surface area contributed by atoms with Crippen LogP contribution in [0.3, 0.4) is 0 Å². The van der Waals surface area contributed by atoms with Crippen LogP contribution in [0.5, 0.6) is 0 Å².